The molecule has 0 saturated heterocycles. The number of hydrogen-bond acceptors (Lipinski definition) is 2. The molecular formula is C59H45N3. The summed E-state index contributed by atoms with van der Waals surface area (Å²) in [6.45, 7) is 6.85. The predicted octanol–water partition coefficient (Wildman–Crippen LogP) is 14.7. The first-order valence-electron chi connectivity index (χ1n) is 21.9. The molecule has 2 aliphatic carbocycles. The second kappa shape index (κ2) is 13.8. The lowest BCUT2D eigenvalue weighted by atomic mass is 9.67. The van der Waals surface area contributed by atoms with Crippen LogP contribution in [0.5, 0.6) is 0 Å². The summed E-state index contributed by atoms with van der Waals surface area (Å²) in [6, 6.07) is 65.4. The smallest absolute Gasteiger partial charge is 0.0972 e. The largest absolute Gasteiger partial charge is 0.310 e. The summed E-state index contributed by atoms with van der Waals surface area (Å²) in [5.74, 6) is 0. The number of aromatic nitrogens is 3. The first kappa shape index (κ1) is 36.5. The molecular weight excluding hydrogens is 751 g/mol. The Morgan fingerprint density at radius 1 is 0.565 bits per heavy atom. The molecule has 7 aromatic carbocycles. The van der Waals surface area contributed by atoms with Crippen LogP contribution in [0.15, 0.2) is 188 Å². The van der Waals surface area contributed by atoms with E-state index in [2.05, 4.69) is 212 Å². The zero-order valence-electron chi connectivity index (χ0n) is 35.2. The third kappa shape index (κ3) is 5.51. The number of hydrogen-bond donors (Lipinski definition) is 0. The van der Waals surface area contributed by atoms with Crippen LogP contribution in [0.3, 0.4) is 0 Å². The van der Waals surface area contributed by atoms with Crippen molar-refractivity contribution in [3.8, 4) is 39.2 Å². The standard InChI is InChI=1S/C59H45N3/c1-58(2,3)43-28-31-46(32-29-43)62-54-20-9-6-17-49(54)50-37-45(30-34-55(50)62)59(51-18-7-4-15-47(51)48-16-5-8-19-52(48)59)44-14-10-12-42(36-44)38-21-23-39(24-22-38)53-33-27-41-26-25-40-13-11-35-60-56(40)57(41)61-53/h4-5,7-16,18-37H,6,17H2,1-3H3. The lowest BCUT2D eigenvalue weighted by Crippen LogP contribution is -2.28. The summed E-state index contributed by atoms with van der Waals surface area (Å²) in [5, 5.41) is 3.53. The highest BCUT2D eigenvalue weighted by atomic mass is 15.0. The quantitative estimate of drug-likeness (QED) is 0.162. The van der Waals surface area contributed by atoms with Crippen molar-refractivity contribution in [1.82, 2.24) is 14.5 Å². The Morgan fingerprint density at radius 2 is 1.26 bits per heavy atom. The molecule has 3 heterocycles. The molecule has 3 nitrogen and oxygen atoms in total. The van der Waals surface area contributed by atoms with Crippen molar-refractivity contribution < 1.29 is 0 Å². The van der Waals surface area contributed by atoms with Gasteiger partial charge in [0.05, 0.1) is 27.7 Å². The molecule has 0 aliphatic heterocycles. The Morgan fingerprint density at radius 3 is 2.02 bits per heavy atom. The molecule has 3 aromatic heterocycles. The third-order valence-electron chi connectivity index (χ3n) is 13.6. The van der Waals surface area contributed by atoms with E-state index in [1.807, 2.05) is 12.3 Å². The number of rotatable bonds is 5. The van der Waals surface area contributed by atoms with Gasteiger partial charge in [0.2, 0.25) is 0 Å². The van der Waals surface area contributed by atoms with Gasteiger partial charge in [0.1, 0.15) is 0 Å². The van der Waals surface area contributed by atoms with E-state index >= 15 is 0 Å². The maximum Gasteiger partial charge on any atom is 0.0972 e. The highest BCUT2D eigenvalue weighted by Gasteiger charge is 2.46. The van der Waals surface area contributed by atoms with E-state index in [1.165, 1.54) is 77.9 Å². The number of nitrogens with zero attached hydrogens (tertiary/aromatic N) is 3. The second-order valence-electron chi connectivity index (χ2n) is 18.1. The normalized spacial score (nSPS) is 14.0. The van der Waals surface area contributed by atoms with Gasteiger partial charge in [-0.05, 0) is 122 Å². The summed E-state index contributed by atoms with van der Waals surface area (Å²) in [6.07, 6.45) is 8.59. The van der Waals surface area contributed by atoms with Crippen LogP contribution < -0.4 is 0 Å². The van der Waals surface area contributed by atoms with Gasteiger partial charge in [-0.25, -0.2) is 4.98 Å². The van der Waals surface area contributed by atoms with E-state index in [9.17, 15) is 0 Å². The Bertz CT molecular complexity index is 3390. The highest BCUT2D eigenvalue weighted by molar-refractivity contribution is 6.03. The molecule has 0 saturated carbocycles. The van der Waals surface area contributed by atoms with Gasteiger partial charge in [-0.15, -0.1) is 0 Å². The van der Waals surface area contributed by atoms with Gasteiger partial charge in [-0.1, -0.05) is 160 Å². The first-order chi connectivity index (χ1) is 30.4. The van der Waals surface area contributed by atoms with E-state index in [4.69, 9.17) is 4.98 Å². The highest BCUT2D eigenvalue weighted by Crippen LogP contribution is 2.57. The van der Waals surface area contributed by atoms with Gasteiger partial charge in [0.25, 0.3) is 0 Å². The van der Waals surface area contributed by atoms with Crippen LogP contribution >= 0.6 is 0 Å². The van der Waals surface area contributed by atoms with Crippen molar-refractivity contribution in [2.75, 3.05) is 0 Å². The maximum atomic E-state index is 5.14. The van der Waals surface area contributed by atoms with Crippen LogP contribution in [0.1, 0.15) is 66.3 Å². The van der Waals surface area contributed by atoms with Crippen LogP contribution in [0.4, 0.5) is 0 Å². The van der Waals surface area contributed by atoms with Crippen molar-refractivity contribution in [3.05, 3.63) is 227 Å². The summed E-state index contributed by atoms with van der Waals surface area (Å²) in [5.41, 5.74) is 20.1. The van der Waals surface area contributed by atoms with Crippen molar-refractivity contribution in [1.29, 1.82) is 0 Å². The third-order valence-corrected chi connectivity index (χ3v) is 13.6. The number of aryl methyl sites for hydroxylation is 1. The van der Waals surface area contributed by atoms with E-state index in [0.717, 1.165) is 45.9 Å². The molecule has 0 radical (unpaired) electrons. The maximum absolute atomic E-state index is 5.14. The molecule has 296 valence electrons. The molecule has 0 spiro atoms. The molecule has 10 aromatic rings. The van der Waals surface area contributed by atoms with Gasteiger partial charge in [-0.2, -0.15) is 0 Å². The Kier molecular flexibility index (Phi) is 8.14. The SMILES string of the molecule is CC(C)(C)c1ccc(-n2c3c(c4cc(C5(c6cccc(-c7ccc(-c8ccc9ccc%10cccnc%10c9n8)cc7)c6)c6ccccc6-c6ccccc65)ccc42)CCC=C3)cc1. The van der Waals surface area contributed by atoms with E-state index < -0.39 is 5.41 Å². The number of allylic oxidation sites excluding steroid dienone is 1. The van der Waals surface area contributed by atoms with E-state index in [-0.39, 0.29) is 5.41 Å². The lowest BCUT2D eigenvalue weighted by molar-refractivity contribution is 0.590. The van der Waals surface area contributed by atoms with Crippen molar-refractivity contribution in [2.45, 2.75) is 44.4 Å². The van der Waals surface area contributed by atoms with Crippen LogP contribution in [-0.4, -0.2) is 14.5 Å². The summed E-state index contributed by atoms with van der Waals surface area (Å²) in [4.78, 5) is 9.82. The van der Waals surface area contributed by atoms with Crippen LogP contribution in [0, 0.1) is 0 Å². The van der Waals surface area contributed by atoms with Crippen LogP contribution in [-0.2, 0) is 17.3 Å². The molecule has 2 aliphatic rings. The molecule has 0 atom stereocenters. The average Bonchev–Trinajstić information content (AvgIpc) is 3.82. The second-order valence-corrected chi connectivity index (χ2v) is 18.1. The Hall–Kier alpha value is -7.36. The molecule has 0 fully saturated rings. The molecule has 0 amide bonds. The first-order valence-corrected chi connectivity index (χ1v) is 21.9. The van der Waals surface area contributed by atoms with Gasteiger partial charge < -0.3 is 4.57 Å². The fraction of sp³-hybridized carbons (Fsp3) is 0.119. The van der Waals surface area contributed by atoms with Crippen molar-refractivity contribution >= 4 is 38.8 Å². The summed E-state index contributed by atoms with van der Waals surface area (Å²) < 4.78 is 2.48. The zero-order chi connectivity index (χ0) is 41.6. The Balaban J connectivity index is 1.01. The monoisotopic (exact) mass is 795 g/mol. The molecule has 0 bridgehead atoms. The fourth-order valence-electron chi connectivity index (χ4n) is 10.5. The van der Waals surface area contributed by atoms with E-state index in [1.54, 1.807) is 0 Å². The molecule has 3 heteroatoms. The van der Waals surface area contributed by atoms with Gasteiger partial charge >= 0.3 is 0 Å². The molecule has 12 rings (SSSR count). The van der Waals surface area contributed by atoms with Crippen molar-refractivity contribution in [2.24, 2.45) is 0 Å². The lowest BCUT2D eigenvalue weighted by Gasteiger charge is -2.34. The van der Waals surface area contributed by atoms with Crippen LogP contribution in [0.2, 0.25) is 0 Å². The Labute approximate surface area is 362 Å². The number of benzene rings is 7. The minimum Gasteiger partial charge on any atom is -0.310 e. The topological polar surface area (TPSA) is 30.7 Å². The predicted molar refractivity (Wildman–Crippen MR) is 258 cm³/mol. The average molecular weight is 796 g/mol. The fourth-order valence-corrected chi connectivity index (χ4v) is 10.5. The zero-order valence-corrected chi connectivity index (χ0v) is 35.2. The number of pyridine rings is 2. The van der Waals surface area contributed by atoms with Gasteiger partial charge in [-0.3, -0.25) is 4.98 Å². The minimum absolute atomic E-state index is 0.0952. The van der Waals surface area contributed by atoms with Gasteiger partial charge in [0.15, 0.2) is 0 Å². The van der Waals surface area contributed by atoms with Crippen molar-refractivity contribution in [3.63, 3.8) is 0 Å². The van der Waals surface area contributed by atoms with Gasteiger partial charge in [0, 0.05) is 39.3 Å². The molecule has 62 heavy (non-hydrogen) atoms. The van der Waals surface area contributed by atoms with E-state index in [0.29, 0.717) is 0 Å². The summed E-state index contributed by atoms with van der Waals surface area (Å²) >= 11 is 0. The minimum atomic E-state index is -0.531. The molecule has 0 N–H and O–H groups in total. The molecule has 0 unspecified atom stereocenters. The van der Waals surface area contributed by atoms with Crippen LogP contribution in [0.25, 0.3) is 78.0 Å². The summed E-state index contributed by atoms with van der Waals surface area (Å²) in [7, 11) is 0. The number of fused-ring (bicyclic) bond motifs is 9.